The van der Waals surface area contributed by atoms with E-state index in [0.717, 1.165) is 11.3 Å². The molecule has 1 aliphatic rings. The lowest BCUT2D eigenvalue weighted by Gasteiger charge is -2.31. The maximum absolute atomic E-state index is 12.4. The molecule has 0 saturated carbocycles. The molecule has 142 valence electrons. The fourth-order valence-corrected chi connectivity index (χ4v) is 3.22. The summed E-state index contributed by atoms with van der Waals surface area (Å²) in [5, 5.41) is 6.29. The third-order valence-electron chi connectivity index (χ3n) is 4.84. The number of hydrogen-bond donors (Lipinski definition) is 2. The molecule has 3 rings (SSSR count). The number of piperidine rings is 1. The van der Waals surface area contributed by atoms with E-state index in [2.05, 4.69) is 20.6 Å². The van der Waals surface area contributed by atoms with Gasteiger partial charge in [0, 0.05) is 68.1 Å². The summed E-state index contributed by atoms with van der Waals surface area (Å²) in [7, 11) is 0. The van der Waals surface area contributed by atoms with E-state index in [0.29, 0.717) is 44.6 Å². The highest BCUT2D eigenvalue weighted by Crippen LogP contribution is 2.19. The van der Waals surface area contributed by atoms with E-state index in [1.54, 1.807) is 30.7 Å². The van der Waals surface area contributed by atoms with E-state index in [-0.39, 0.29) is 17.7 Å². The van der Waals surface area contributed by atoms with Crippen molar-refractivity contribution in [1.82, 2.24) is 20.2 Å². The van der Waals surface area contributed by atoms with Gasteiger partial charge >= 0.3 is 0 Å². The number of carbonyl (C=O) groups excluding carboxylic acids is 2. The average Bonchev–Trinajstić information content (AvgIpc) is 2.72. The Morgan fingerprint density at radius 1 is 1.07 bits per heavy atom. The van der Waals surface area contributed by atoms with Crippen LogP contribution in [-0.4, -0.2) is 52.9 Å². The van der Waals surface area contributed by atoms with Crippen molar-refractivity contribution < 1.29 is 9.59 Å². The Kier molecular flexibility index (Phi) is 6.35. The minimum Gasteiger partial charge on any atom is -0.383 e. The van der Waals surface area contributed by atoms with Gasteiger partial charge in [0.15, 0.2) is 0 Å². The predicted octanol–water partition coefficient (Wildman–Crippen LogP) is 1.87. The van der Waals surface area contributed by atoms with Crippen molar-refractivity contribution in [2.75, 3.05) is 31.5 Å². The number of amides is 2. The topological polar surface area (TPSA) is 87.2 Å². The zero-order valence-corrected chi connectivity index (χ0v) is 15.5. The van der Waals surface area contributed by atoms with Gasteiger partial charge in [-0.25, -0.2) is 0 Å². The maximum Gasteiger partial charge on any atom is 0.253 e. The number of likely N-dealkylation sites (tertiary alicyclic amines) is 1. The lowest BCUT2D eigenvalue weighted by molar-refractivity contribution is -0.126. The molecule has 7 heteroatoms. The highest BCUT2D eigenvalue weighted by atomic mass is 16.2. The summed E-state index contributed by atoms with van der Waals surface area (Å²) < 4.78 is 0. The minimum atomic E-state index is -0.0332. The van der Waals surface area contributed by atoms with Gasteiger partial charge in [0.05, 0.1) is 0 Å². The van der Waals surface area contributed by atoms with Crippen LogP contribution in [0.1, 0.15) is 28.8 Å². The second-order valence-electron chi connectivity index (χ2n) is 6.71. The molecular weight excluding hydrogens is 342 g/mol. The van der Waals surface area contributed by atoms with E-state index < -0.39 is 0 Å². The number of pyridine rings is 2. The molecule has 2 amide bonds. The van der Waals surface area contributed by atoms with Crippen LogP contribution in [0.15, 0.2) is 43.0 Å². The monoisotopic (exact) mass is 367 g/mol. The smallest absolute Gasteiger partial charge is 0.253 e. The average molecular weight is 367 g/mol. The van der Waals surface area contributed by atoms with E-state index in [4.69, 9.17) is 0 Å². The first-order valence-electron chi connectivity index (χ1n) is 9.26. The van der Waals surface area contributed by atoms with Crippen LogP contribution in [0.3, 0.4) is 0 Å². The molecule has 0 bridgehead atoms. The fraction of sp³-hybridized carbons (Fsp3) is 0.400. The van der Waals surface area contributed by atoms with Gasteiger partial charge in [0.1, 0.15) is 0 Å². The second-order valence-corrected chi connectivity index (χ2v) is 6.71. The van der Waals surface area contributed by atoms with Gasteiger partial charge in [0.2, 0.25) is 5.91 Å². The molecule has 0 aromatic carbocycles. The highest BCUT2D eigenvalue weighted by molar-refractivity contribution is 5.94. The van der Waals surface area contributed by atoms with Gasteiger partial charge in [0.25, 0.3) is 5.91 Å². The Morgan fingerprint density at radius 3 is 2.48 bits per heavy atom. The van der Waals surface area contributed by atoms with Crippen molar-refractivity contribution in [3.05, 3.63) is 54.1 Å². The first kappa shape index (κ1) is 18.8. The van der Waals surface area contributed by atoms with Crippen molar-refractivity contribution in [3.8, 4) is 0 Å². The van der Waals surface area contributed by atoms with Crippen LogP contribution >= 0.6 is 0 Å². The standard InChI is InChI=1S/C20H25N5O2/c1-15-14-22-9-4-18(15)23-10-11-24-19(26)16-5-12-25(13-6-16)20(27)17-2-7-21-8-3-17/h2-4,7-9,14,16H,5-6,10-13H2,1H3,(H,22,23)(H,24,26). The molecule has 0 spiro atoms. The Bertz CT molecular complexity index is 773. The SMILES string of the molecule is Cc1cnccc1NCCNC(=O)C1CCN(C(=O)c2ccncc2)CC1. The first-order valence-corrected chi connectivity index (χ1v) is 9.26. The summed E-state index contributed by atoms with van der Waals surface area (Å²) >= 11 is 0. The number of hydrogen-bond acceptors (Lipinski definition) is 5. The van der Waals surface area contributed by atoms with E-state index in [1.165, 1.54) is 0 Å². The van der Waals surface area contributed by atoms with Gasteiger partial charge in [-0.2, -0.15) is 0 Å². The van der Waals surface area contributed by atoms with E-state index >= 15 is 0 Å². The number of aromatic nitrogens is 2. The summed E-state index contributed by atoms with van der Waals surface area (Å²) in [6.07, 6.45) is 8.18. The molecule has 1 fully saturated rings. The number of aryl methyl sites for hydroxylation is 1. The third-order valence-corrected chi connectivity index (χ3v) is 4.84. The first-order chi connectivity index (χ1) is 13.1. The van der Waals surface area contributed by atoms with E-state index in [9.17, 15) is 9.59 Å². The molecule has 3 heterocycles. The summed E-state index contributed by atoms with van der Waals surface area (Å²) in [4.78, 5) is 34.6. The molecule has 2 aromatic heterocycles. The van der Waals surface area contributed by atoms with Crippen LogP contribution < -0.4 is 10.6 Å². The molecular formula is C20H25N5O2. The Morgan fingerprint density at radius 2 is 1.78 bits per heavy atom. The van der Waals surface area contributed by atoms with Gasteiger partial charge in [-0.1, -0.05) is 0 Å². The molecule has 0 unspecified atom stereocenters. The molecule has 1 saturated heterocycles. The van der Waals surface area contributed by atoms with Gasteiger partial charge in [-0.3, -0.25) is 19.6 Å². The normalized spacial score (nSPS) is 14.6. The minimum absolute atomic E-state index is 0.00757. The molecule has 1 aliphatic heterocycles. The molecule has 7 nitrogen and oxygen atoms in total. The Hall–Kier alpha value is -2.96. The van der Waals surface area contributed by atoms with Gasteiger partial charge in [-0.15, -0.1) is 0 Å². The molecule has 0 atom stereocenters. The summed E-state index contributed by atoms with van der Waals surface area (Å²) in [6.45, 7) is 4.43. The Labute approximate surface area is 159 Å². The van der Waals surface area contributed by atoms with Crippen LogP contribution in [0.4, 0.5) is 5.69 Å². The van der Waals surface area contributed by atoms with Crippen LogP contribution in [0, 0.1) is 12.8 Å². The molecule has 2 aromatic rings. The number of nitrogens with one attached hydrogen (secondary N) is 2. The van der Waals surface area contributed by atoms with Crippen molar-refractivity contribution in [2.24, 2.45) is 5.92 Å². The quantitative estimate of drug-likeness (QED) is 0.761. The molecule has 0 aliphatic carbocycles. The van der Waals surface area contributed by atoms with Crippen molar-refractivity contribution in [1.29, 1.82) is 0 Å². The lowest BCUT2D eigenvalue weighted by atomic mass is 9.95. The van der Waals surface area contributed by atoms with Crippen LogP contribution in [0.5, 0.6) is 0 Å². The van der Waals surface area contributed by atoms with Crippen LogP contribution in [0.25, 0.3) is 0 Å². The summed E-state index contributed by atoms with van der Waals surface area (Å²) in [5.74, 6) is 0.0431. The predicted molar refractivity (Wildman–Crippen MR) is 103 cm³/mol. The zero-order chi connectivity index (χ0) is 19.1. The number of nitrogens with zero attached hydrogens (tertiary/aromatic N) is 3. The zero-order valence-electron chi connectivity index (χ0n) is 15.5. The van der Waals surface area contributed by atoms with E-state index in [1.807, 2.05) is 24.1 Å². The summed E-state index contributed by atoms with van der Waals surface area (Å²) in [6, 6.07) is 5.37. The Balaban J connectivity index is 1.38. The van der Waals surface area contributed by atoms with Crippen LogP contribution in [0.2, 0.25) is 0 Å². The molecule has 27 heavy (non-hydrogen) atoms. The van der Waals surface area contributed by atoms with Crippen molar-refractivity contribution in [3.63, 3.8) is 0 Å². The highest BCUT2D eigenvalue weighted by Gasteiger charge is 2.27. The number of anilines is 1. The fourth-order valence-electron chi connectivity index (χ4n) is 3.22. The van der Waals surface area contributed by atoms with Gasteiger partial charge < -0.3 is 15.5 Å². The third kappa shape index (κ3) is 5.03. The van der Waals surface area contributed by atoms with Crippen LogP contribution in [-0.2, 0) is 4.79 Å². The number of carbonyl (C=O) groups is 2. The maximum atomic E-state index is 12.4. The summed E-state index contributed by atoms with van der Waals surface area (Å²) in [5.41, 5.74) is 2.75. The second kappa shape index (κ2) is 9.12. The van der Waals surface area contributed by atoms with Gasteiger partial charge in [-0.05, 0) is 43.5 Å². The molecule has 2 N–H and O–H groups in total. The van der Waals surface area contributed by atoms with Crippen molar-refractivity contribution in [2.45, 2.75) is 19.8 Å². The molecule has 0 radical (unpaired) electrons. The number of rotatable bonds is 6. The largest absolute Gasteiger partial charge is 0.383 e. The lowest BCUT2D eigenvalue weighted by Crippen LogP contribution is -2.43. The van der Waals surface area contributed by atoms with Crippen molar-refractivity contribution >= 4 is 17.5 Å².